The van der Waals surface area contributed by atoms with Crippen LogP contribution < -0.4 is 5.73 Å². The summed E-state index contributed by atoms with van der Waals surface area (Å²) in [5.74, 6) is -1.06. The first kappa shape index (κ1) is 12.1. The predicted octanol–water partition coefficient (Wildman–Crippen LogP) is -0.304. The van der Waals surface area contributed by atoms with Gasteiger partial charge in [-0.05, 0) is 11.8 Å². The van der Waals surface area contributed by atoms with Crippen molar-refractivity contribution in [2.45, 2.75) is 13.0 Å². The molecule has 0 rings (SSSR count). The van der Waals surface area contributed by atoms with Crippen molar-refractivity contribution in [2.75, 3.05) is 7.11 Å². The Labute approximate surface area is 80.4 Å². The molecule has 0 aliphatic heterocycles. The molecule has 0 heterocycles. The maximum Gasteiger partial charge on any atom is 0.330 e. The Morgan fingerprint density at radius 3 is 2.71 bits per heavy atom. The third-order valence-electron chi connectivity index (χ3n) is 1.31. The molecule has 0 bridgehead atoms. The van der Waals surface area contributed by atoms with Crippen LogP contribution in [-0.2, 0) is 9.53 Å². The number of hydrogen-bond donors (Lipinski definition) is 1. The van der Waals surface area contributed by atoms with E-state index in [1.54, 1.807) is 0 Å². The minimum atomic E-state index is -0.755. The molecule has 0 saturated heterocycles. The van der Waals surface area contributed by atoms with Crippen molar-refractivity contribution in [3.63, 3.8) is 0 Å². The average molecular weight is 201 g/mol. The van der Waals surface area contributed by atoms with Gasteiger partial charge in [0, 0.05) is 12.3 Å². The second-order valence-electron chi connectivity index (χ2n) is 2.35. The fourth-order valence-electron chi connectivity index (χ4n) is 0.541. The minimum Gasteiger partial charge on any atom is -0.467 e. The van der Waals surface area contributed by atoms with Gasteiger partial charge in [-0.2, -0.15) is 0 Å². The summed E-state index contributed by atoms with van der Waals surface area (Å²) in [4.78, 5) is 23.7. The predicted molar refractivity (Wildman–Crippen MR) is 49.2 cm³/mol. The first-order chi connectivity index (χ1) is 6.49. The first-order valence-corrected chi connectivity index (χ1v) is 3.70. The van der Waals surface area contributed by atoms with Crippen molar-refractivity contribution < 1.29 is 14.5 Å². The van der Waals surface area contributed by atoms with Crippen LogP contribution in [0.3, 0.4) is 0 Å². The molecule has 0 fully saturated rings. The van der Waals surface area contributed by atoms with E-state index in [0.717, 1.165) is 12.3 Å². The van der Waals surface area contributed by atoms with Crippen LogP contribution in [0, 0.1) is 10.1 Å². The van der Waals surface area contributed by atoms with Crippen molar-refractivity contribution in [1.29, 1.82) is 0 Å². The summed E-state index contributed by atoms with van der Waals surface area (Å²) in [5.41, 5.74) is 4.97. The Kier molecular flexibility index (Phi) is 4.90. The fraction of sp³-hybridized carbons (Fsp3) is 0.429. The summed E-state index contributed by atoms with van der Waals surface area (Å²) >= 11 is 0. The van der Waals surface area contributed by atoms with Gasteiger partial charge in [-0.3, -0.25) is 10.7 Å². The maximum atomic E-state index is 10.8. The van der Waals surface area contributed by atoms with E-state index in [9.17, 15) is 14.9 Å². The molecule has 0 saturated carbocycles. The zero-order chi connectivity index (χ0) is 11.1. The lowest BCUT2D eigenvalue weighted by Gasteiger charge is -2.00. The third-order valence-corrected chi connectivity index (χ3v) is 1.31. The van der Waals surface area contributed by atoms with Gasteiger partial charge in [-0.25, -0.2) is 4.79 Å². The number of nitrogens with two attached hydrogens (primary N) is 1. The molecule has 0 radical (unpaired) electrons. The molecule has 78 valence electrons. The number of carbonyl (C=O) groups is 1. The minimum absolute atomic E-state index is 0.519. The Morgan fingerprint density at radius 2 is 2.29 bits per heavy atom. The fourth-order valence-corrected chi connectivity index (χ4v) is 0.541. The summed E-state index contributed by atoms with van der Waals surface area (Å²) in [6, 6.07) is -0.698. The van der Waals surface area contributed by atoms with Crippen molar-refractivity contribution in [2.24, 2.45) is 10.7 Å². The van der Waals surface area contributed by atoms with Gasteiger partial charge >= 0.3 is 11.8 Å². The van der Waals surface area contributed by atoms with Crippen LogP contribution in [0.5, 0.6) is 0 Å². The van der Waals surface area contributed by atoms with Crippen molar-refractivity contribution in [1.82, 2.24) is 0 Å². The second kappa shape index (κ2) is 5.68. The van der Waals surface area contributed by atoms with E-state index in [1.165, 1.54) is 14.0 Å². The molecular weight excluding hydrogens is 190 g/mol. The first-order valence-electron chi connectivity index (χ1n) is 3.70. The Balaban J connectivity index is 4.25. The number of nitrogens with zero attached hydrogens (tertiary/aromatic N) is 2. The molecule has 0 aliphatic rings. The number of methoxy groups -OCH3 is 1. The highest BCUT2D eigenvalue weighted by Crippen LogP contribution is 1.91. The SMILES string of the molecule is COC(=O)[C@H](C)N=C/C=C(\N)[N+](=O)[O-]. The van der Waals surface area contributed by atoms with Crippen LogP contribution in [0.4, 0.5) is 0 Å². The number of hydrogen-bond acceptors (Lipinski definition) is 6. The zero-order valence-electron chi connectivity index (χ0n) is 7.84. The number of ether oxygens (including phenoxy) is 1. The number of nitro groups is 1. The summed E-state index contributed by atoms with van der Waals surface area (Å²) in [5, 5.41) is 10.0. The Hall–Kier alpha value is -1.92. The van der Waals surface area contributed by atoms with Gasteiger partial charge in [-0.15, -0.1) is 0 Å². The molecule has 7 nitrogen and oxygen atoms in total. The van der Waals surface area contributed by atoms with E-state index in [-0.39, 0.29) is 0 Å². The molecule has 7 heteroatoms. The van der Waals surface area contributed by atoms with Gasteiger partial charge in [0.25, 0.3) is 0 Å². The largest absolute Gasteiger partial charge is 0.467 e. The number of carbonyl (C=O) groups excluding carboxylic acids is 1. The number of aliphatic imine (C=N–C) groups is 1. The highest BCUT2D eigenvalue weighted by molar-refractivity contribution is 5.79. The van der Waals surface area contributed by atoms with E-state index in [0.29, 0.717) is 0 Å². The van der Waals surface area contributed by atoms with E-state index in [4.69, 9.17) is 5.73 Å². The lowest BCUT2D eigenvalue weighted by Crippen LogP contribution is -2.16. The normalized spacial score (nSPS) is 14.0. The van der Waals surface area contributed by atoms with Crippen molar-refractivity contribution in [3.05, 3.63) is 22.0 Å². The summed E-state index contributed by atoms with van der Waals surface area (Å²) in [6.07, 6.45) is 2.10. The third kappa shape index (κ3) is 4.19. The average Bonchev–Trinajstić information content (AvgIpc) is 2.15. The summed E-state index contributed by atoms with van der Waals surface area (Å²) in [6.45, 7) is 1.50. The van der Waals surface area contributed by atoms with Gasteiger partial charge < -0.3 is 14.9 Å². The van der Waals surface area contributed by atoms with Crippen LogP contribution in [-0.4, -0.2) is 30.3 Å². The van der Waals surface area contributed by atoms with Gasteiger partial charge in [0.15, 0.2) is 0 Å². The quantitative estimate of drug-likeness (QED) is 0.290. The maximum absolute atomic E-state index is 10.8. The van der Waals surface area contributed by atoms with Crippen LogP contribution in [0.2, 0.25) is 0 Å². The summed E-state index contributed by atoms with van der Waals surface area (Å²) in [7, 11) is 1.23. The van der Waals surface area contributed by atoms with Gasteiger partial charge in [0.05, 0.1) is 7.11 Å². The van der Waals surface area contributed by atoms with Gasteiger partial charge in [0.1, 0.15) is 6.04 Å². The smallest absolute Gasteiger partial charge is 0.330 e. The van der Waals surface area contributed by atoms with Crippen LogP contribution >= 0.6 is 0 Å². The Bertz CT molecular complexity index is 285. The molecule has 0 spiro atoms. The van der Waals surface area contributed by atoms with E-state index in [1.807, 2.05) is 0 Å². The van der Waals surface area contributed by atoms with Gasteiger partial charge in [0.2, 0.25) is 0 Å². The Morgan fingerprint density at radius 1 is 1.71 bits per heavy atom. The number of esters is 1. The summed E-state index contributed by atoms with van der Waals surface area (Å²) < 4.78 is 4.38. The molecule has 1 atom stereocenters. The van der Waals surface area contributed by atoms with Crippen LogP contribution in [0.25, 0.3) is 0 Å². The van der Waals surface area contributed by atoms with Crippen LogP contribution in [0.1, 0.15) is 6.92 Å². The molecule has 0 aliphatic carbocycles. The zero-order valence-corrected chi connectivity index (χ0v) is 7.84. The van der Waals surface area contributed by atoms with E-state index < -0.39 is 22.8 Å². The topological polar surface area (TPSA) is 108 Å². The van der Waals surface area contributed by atoms with E-state index in [2.05, 4.69) is 9.73 Å². The molecule has 0 unspecified atom stereocenters. The number of allylic oxidation sites excluding steroid dienone is 1. The number of rotatable bonds is 4. The monoisotopic (exact) mass is 201 g/mol. The lowest BCUT2D eigenvalue weighted by molar-refractivity contribution is -0.426. The molecular formula is C7H11N3O4. The highest BCUT2D eigenvalue weighted by atomic mass is 16.6. The van der Waals surface area contributed by atoms with Crippen molar-refractivity contribution in [3.8, 4) is 0 Å². The molecule has 0 aromatic carbocycles. The molecule has 0 amide bonds. The molecule has 14 heavy (non-hydrogen) atoms. The van der Waals surface area contributed by atoms with Crippen LogP contribution in [0.15, 0.2) is 16.9 Å². The lowest BCUT2D eigenvalue weighted by atomic mass is 10.4. The molecule has 2 N–H and O–H groups in total. The second-order valence-corrected chi connectivity index (χ2v) is 2.35. The standard InChI is InChI=1S/C7H11N3O4/c1-5(7(11)14-2)9-4-3-6(8)10(12)13/h3-5H,8H2,1-2H3/b6-3+,9-4?/t5-/m0/s1. The highest BCUT2D eigenvalue weighted by Gasteiger charge is 2.09. The molecule has 0 aromatic heterocycles. The van der Waals surface area contributed by atoms with E-state index >= 15 is 0 Å². The molecule has 0 aromatic rings. The van der Waals surface area contributed by atoms with Crippen molar-refractivity contribution >= 4 is 12.2 Å². The van der Waals surface area contributed by atoms with Gasteiger partial charge in [-0.1, -0.05) is 0 Å².